The number of nitrogens with two attached hydrogens (primary N) is 2. The number of carboxylic acids is 1. The van der Waals surface area contributed by atoms with Gasteiger partial charge in [0.2, 0.25) is 0 Å². The lowest BCUT2D eigenvalue weighted by Crippen LogP contribution is -2.40. The van der Waals surface area contributed by atoms with Crippen LogP contribution in [0.2, 0.25) is 0 Å². The highest BCUT2D eigenvalue weighted by Gasteiger charge is 2.24. The molecule has 1 aromatic heterocycles. The highest BCUT2D eigenvalue weighted by molar-refractivity contribution is 7.17. The van der Waals surface area contributed by atoms with Crippen molar-refractivity contribution in [2.45, 2.75) is 12.1 Å². The Hall–Kier alpha value is -1.43. The number of thiophene rings is 1. The molecule has 0 aliphatic heterocycles. The van der Waals surface area contributed by atoms with Gasteiger partial charge in [-0.1, -0.05) is 18.2 Å². The molecule has 1 aromatic carbocycles. The van der Waals surface area contributed by atoms with Crippen LogP contribution in [-0.4, -0.2) is 17.1 Å². The van der Waals surface area contributed by atoms with Gasteiger partial charge in [0.1, 0.15) is 6.04 Å². The van der Waals surface area contributed by atoms with Crippen LogP contribution in [0.4, 0.5) is 0 Å². The number of benzene rings is 1. The molecule has 2 unspecified atom stereocenters. The standard InChI is InChI=1S/C11H12N2O2S/c12-9(10(13)11(14)15)7-5-16-8-4-2-1-3-6(7)8/h1-5,9-10H,12-13H2,(H,14,15). The molecule has 84 valence electrons. The van der Waals surface area contributed by atoms with Crippen LogP contribution in [0.5, 0.6) is 0 Å². The van der Waals surface area contributed by atoms with Gasteiger partial charge in [-0.25, -0.2) is 0 Å². The molecule has 0 fully saturated rings. The molecule has 2 aromatic rings. The second-order valence-electron chi connectivity index (χ2n) is 3.58. The van der Waals surface area contributed by atoms with E-state index in [4.69, 9.17) is 16.6 Å². The van der Waals surface area contributed by atoms with E-state index in [0.29, 0.717) is 0 Å². The van der Waals surface area contributed by atoms with Crippen LogP contribution >= 0.6 is 11.3 Å². The fourth-order valence-electron chi connectivity index (χ4n) is 1.60. The Labute approximate surface area is 96.5 Å². The molecule has 4 nitrogen and oxygen atoms in total. The third kappa shape index (κ3) is 1.80. The van der Waals surface area contributed by atoms with Gasteiger partial charge >= 0.3 is 5.97 Å². The molecule has 0 radical (unpaired) electrons. The first-order valence-electron chi connectivity index (χ1n) is 4.81. The number of rotatable bonds is 3. The van der Waals surface area contributed by atoms with Gasteiger partial charge in [0, 0.05) is 4.70 Å². The van der Waals surface area contributed by atoms with E-state index >= 15 is 0 Å². The summed E-state index contributed by atoms with van der Waals surface area (Å²) in [6, 6.07) is 5.99. The van der Waals surface area contributed by atoms with Crippen LogP contribution in [0.3, 0.4) is 0 Å². The van der Waals surface area contributed by atoms with E-state index in [9.17, 15) is 4.79 Å². The molecular formula is C11H12N2O2S. The zero-order valence-corrected chi connectivity index (χ0v) is 9.28. The summed E-state index contributed by atoms with van der Waals surface area (Å²) in [7, 11) is 0. The molecule has 5 N–H and O–H groups in total. The Balaban J connectivity index is 2.44. The molecular weight excluding hydrogens is 224 g/mol. The molecule has 0 aliphatic rings. The number of hydrogen-bond acceptors (Lipinski definition) is 4. The Morgan fingerprint density at radius 1 is 1.31 bits per heavy atom. The maximum absolute atomic E-state index is 10.8. The monoisotopic (exact) mass is 236 g/mol. The van der Waals surface area contributed by atoms with Crippen LogP contribution in [0.1, 0.15) is 11.6 Å². The van der Waals surface area contributed by atoms with Crippen molar-refractivity contribution in [1.29, 1.82) is 0 Å². The van der Waals surface area contributed by atoms with Crippen molar-refractivity contribution < 1.29 is 9.90 Å². The number of fused-ring (bicyclic) bond motifs is 1. The third-order valence-electron chi connectivity index (χ3n) is 2.54. The lowest BCUT2D eigenvalue weighted by atomic mass is 10.0. The average Bonchev–Trinajstić information content (AvgIpc) is 2.70. The molecule has 2 rings (SSSR count). The fraction of sp³-hybridized carbons (Fsp3) is 0.182. The van der Waals surface area contributed by atoms with Gasteiger partial charge in [0.15, 0.2) is 0 Å². The summed E-state index contributed by atoms with van der Waals surface area (Å²) in [5, 5.41) is 11.7. The predicted octanol–water partition coefficient (Wildman–Crippen LogP) is 1.31. The van der Waals surface area contributed by atoms with Crippen molar-refractivity contribution in [3.8, 4) is 0 Å². The third-order valence-corrected chi connectivity index (χ3v) is 3.52. The Morgan fingerprint density at radius 2 is 2.00 bits per heavy atom. The van der Waals surface area contributed by atoms with Gasteiger partial charge in [0.25, 0.3) is 0 Å². The summed E-state index contributed by atoms with van der Waals surface area (Å²) < 4.78 is 1.09. The van der Waals surface area contributed by atoms with Crippen molar-refractivity contribution in [2.75, 3.05) is 0 Å². The van der Waals surface area contributed by atoms with E-state index in [0.717, 1.165) is 15.6 Å². The maximum atomic E-state index is 10.8. The molecule has 0 bridgehead atoms. The smallest absolute Gasteiger partial charge is 0.322 e. The highest BCUT2D eigenvalue weighted by Crippen LogP contribution is 2.30. The largest absolute Gasteiger partial charge is 0.480 e. The van der Waals surface area contributed by atoms with E-state index in [-0.39, 0.29) is 0 Å². The maximum Gasteiger partial charge on any atom is 0.322 e. The summed E-state index contributed by atoms with van der Waals surface area (Å²) in [4.78, 5) is 10.8. The van der Waals surface area contributed by atoms with Crippen molar-refractivity contribution in [3.63, 3.8) is 0 Å². The van der Waals surface area contributed by atoms with Gasteiger partial charge in [-0.3, -0.25) is 4.79 Å². The number of carbonyl (C=O) groups is 1. The van der Waals surface area contributed by atoms with E-state index < -0.39 is 18.1 Å². The highest BCUT2D eigenvalue weighted by atomic mass is 32.1. The first-order chi connectivity index (χ1) is 7.61. The first kappa shape index (κ1) is 11.1. The average molecular weight is 236 g/mol. The van der Waals surface area contributed by atoms with Crippen molar-refractivity contribution in [2.24, 2.45) is 11.5 Å². The zero-order chi connectivity index (χ0) is 11.7. The van der Waals surface area contributed by atoms with E-state index in [1.54, 1.807) is 11.3 Å². The fourth-order valence-corrected chi connectivity index (χ4v) is 2.61. The summed E-state index contributed by atoms with van der Waals surface area (Å²) in [5.74, 6) is -1.08. The summed E-state index contributed by atoms with van der Waals surface area (Å²) in [6.07, 6.45) is 0. The van der Waals surface area contributed by atoms with Gasteiger partial charge in [-0.15, -0.1) is 11.3 Å². The molecule has 5 heteroatoms. The molecule has 16 heavy (non-hydrogen) atoms. The van der Waals surface area contributed by atoms with Gasteiger partial charge in [0.05, 0.1) is 6.04 Å². The van der Waals surface area contributed by atoms with E-state index in [1.807, 2.05) is 29.6 Å². The quantitative estimate of drug-likeness (QED) is 0.749. The van der Waals surface area contributed by atoms with E-state index in [2.05, 4.69) is 0 Å². The lowest BCUT2D eigenvalue weighted by molar-refractivity contribution is -0.139. The number of aliphatic carboxylic acids is 1. The van der Waals surface area contributed by atoms with Gasteiger partial charge in [-0.05, 0) is 22.4 Å². The van der Waals surface area contributed by atoms with Gasteiger partial charge < -0.3 is 16.6 Å². The molecule has 0 spiro atoms. The zero-order valence-electron chi connectivity index (χ0n) is 8.46. The van der Waals surface area contributed by atoms with Crippen molar-refractivity contribution in [3.05, 3.63) is 35.2 Å². The predicted molar refractivity (Wildman–Crippen MR) is 64.4 cm³/mol. The lowest BCUT2D eigenvalue weighted by Gasteiger charge is -2.15. The molecule has 0 saturated carbocycles. The minimum atomic E-state index is -1.08. The van der Waals surface area contributed by atoms with Crippen molar-refractivity contribution in [1.82, 2.24) is 0 Å². The Morgan fingerprint density at radius 3 is 2.69 bits per heavy atom. The second kappa shape index (κ2) is 4.21. The van der Waals surface area contributed by atoms with Crippen LogP contribution in [0.15, 0.2) is 29.6 Å². The first-order valence-corrected chi connectivity index (χ1v) is 5.69. The Bertz CT molecular complexity index is 523. The number of carboxylic acid groups (broad SMARTS) is 1. The van der Waals surface area contributed by atoms with Crippen LogP contribution in [-0.2, 0) is 4.79 Å². The SMILES string of the molecule is NC(C(=O)O)C(N)c1csc2ccccc12. The Kier molecular flexibility index (Phi) is 2.91. The van der Waals surface area contributed by atoms with Crippen LogP contribution < -0.4 is 11.5 Å². The number of hydrogen-bond donors (Lipinski definition) is 3. The minimum Gasteiger partial charge on any atom is -0.480 e. The second-order valence-corrected chi connectivity index (χ2v) is 4.49. The molecule has 2 atom stereocenters. The minimum absolute atomic E-state index is 0.673. The molecule has 0 amide bonds. The van der Waals surface area contributed by atoms with Crippen molar-refractivity contribution >= 4 is 27.4 Å². The van der Waals surface area contributed by atoms with Crippen LogP contribution in [0, 0.1) is 0 Å². The molecule has 1 heterocycles. The molecule has 0 saturated heterocycles. The van der Waals surface area contributed by atoms with Crippen LogP contribution in [0.25, 0.3) is 10.1 Å². The van der Waals surface area contributed by atoms with Gasteiger partial charge in [-0.2, -0.15) is 0 Å². The normalized spacial score (nSPS) is 14.9. The summed E-state index contributed by atoms with van der Waals surface area (Å²) >= 11 is 1.54. The summed E-state index contributed by atoms with van der Waals surface area (Å²) in [6.45, 7) is 0. The topological polar surface area (TPSA) is 89.3 Å². The van der Waals surface area contributed by atoms with E-state index in [1.165, 1.54) is 0 Å². The molecule has 0 aliphatic carbocycles. The summed E-state index contributed by atoms with van der Waals surface area (Å²) in [5.41, 5.74) is 12.2.